The molecule has 0 bridgehead atoms. The van der Waals surface area contributed by atoms with Gasteiger partial charge in [-0.3, -0.25) is 0 Å². The lowest BCUT2D eigenvalue weighted by Crippen LogP contribution is -2.54. The van der Waals surface area contributed by atoms with Crippen LogP contribution in [0.5, 0.6) is 0 Å². The van der Waals surface area contributed by atoms with Crippen LogP contribution in [0.1, 0.15) is 16.7 Å². The van der Waals surface area contributed by atoms with Crippen LogP contribution in [-0.2, 0) is 38.8 Å². The van der Waals surface area contributed by atoms with Crippen LogP contribution in [0.3, 0.4) is 0 Å². The normalized spacial score (nSPS) is 23.5. The third kappa shape index (κ3) is 6.60. The molecule has 1 saturated heterocycles. The first-order valence-electron chi connectivity index (χ1n) is 10.5. The fourth-order valence-corrected chi connectivity index (χ4v) is 4.39. The van der Waals surface area contributed by atoms with Gasteiger partial charge in [-0.2, -0.15) is 0 Å². The first-order valence-corrected chi connectivity index (χ1v) is 11.8. The molecule has 4 unspecified atom stereocenters. The molecule has 0 aromatic heterocycles. The molecule has 5 heteroatoms. The second kappa shape index (κ2) is 11.7. The van der Waals surface area contributed by atoms with E-state index < -0.39 is 0 Å². The van der Waals surface area contributed by atoms with Crippen LogP contribution in [0.15, 0.2) is 91.0 Å². The van der Waals surface area contributed by atoms with Crippen molar-refractivity contribution in [2.24, 2.45) is 0 Å². The number of hydrogen-bond donors (Lipinski definition) is 0. The molecule has 1 aliphatic heterocycles. The van der Waals surface area contributed by atoms with Gasteiger partial charge in [-0.25, -0.2) is 0 Å². The van der Waals surface area contributed by atoms with Gasteiger partial charge in [0.1, 0.15) is 22.4 Å². The van der Waals surface area contributed by atoms with Crippen LogP contribution >= 0.6 is 22.6 Å². The summed E-state index contributed by atoms with van der Waals surface area (Å²) in [5, 5.41) is 0. The Kier molecular flexibility index (Phi) is 8.49. The van der Waals surface area contributed by atoms with E-state index in [-0.39, 0.29) is 22.4 Å². The van der Waals surface area contributed by atoms with Gasteiger partial charge in [-0.15, -0.1) is 0 Å². The third-order valence-corrected chi connectivity index (χ3v) is 6.31. The summed E-state index contributed by atoms with van der Waals surface area (Å²) >= 11 is 2.30. The first kappa shape index (κ1) is 22.4. The van der Waals surface area contributed by atoms with Crippen LogP contribution in [0.2, 0.25) is 0 Å². The lowest BCUT2D eigenvalue weighted by molar-refractivity contribution is -0.216. The molecule has 3 aromatic carbocycles. The van der Waals surface area contributed by atoms with Gasteiger partial charge in [0.05, 0.1) is 26.4 Å². The van der Waals surface area contributed by atoms with Gasteiger partial charge >= 0.3 is 0 Å². The predicted octanol–water partition coefficient (Wildman–Crippen LogP) is 5.53. The van der Waals surface area contributed by atoms with Crippen LogP contribution in [0.4, 0.5) is 0 Å². The van der Waals surface area contributed by atoms with E-state index >= 15 is 0 Å². The number of alkyl halides is 1. The highest BCUT2D eigenvalue weighted by Crippen LogP contribution is 2.29. The van der Waals surface area contributed by atoms with Crippen LogP contribution < -0.4 is 0 Å². The zero-order valence-electron chi connectivity index (χ0n) is 17.3. The van der Waals surface area contributed by atoms with Gasteiger partial charge in [0.2, 0.25) is 0 Å². The van der Waals surface area contributed by atoms with Gasteiger partial charge in [0.25, 0.3) is 0 Å². The van der Waals surface area contributed by atoms with E-state index in [1.807, 2.05) is 54.6 Å². The highest BCUT2D eigenvalue weighted by Gasteiger charge is 2.42. The summed E-state index contributed by atoms with van der Waals surface area (Å²) in [6, 6.07) is 30.6. The smallest absolute Gasteiger partial charge is 0.137 e. The van der Waals surface area contributed by atoms with Gasteiger partial charge in [-0.1, -0.05) is 91.0 Å². The van der Waals surface area contributed by atoms with Gasteiger partial charge in [-0.05, 0) is 39.3 Å². The molecule has 4 rings (SSSR count). The van der Waals surface area contributed by atoms with E-state index in [9.17, 15) is 0 Å². The van der Waals surface area contributed by atoms with Crippen molar-refractivity contribution in [1.82, 2.24) is 0 Å². The minimum Gasteiger partial charge on any atom is -0.368 e. The Morgan fingerprint density at radius 3 is 1.52 bits per heavy atom. The lowest BCUT2D eigenvalue weighted by atomic mass is 10.1. The van der Waals surface area contributed by atoms with E-state index in [1.165, 1.54) is 0 Å². The summed E-state index contributed by atoms with van der Waals surface area (Å²) in [4.78, 5) is 0. The molecular formula is C26H27IO4. The summed E-state index contributed by atoms with van der Waals surface area (Å²) in [6.07, 6.45) is -0.682. The van der Waals surface area contributed by atoms with Crippen molar-refractivity contribution in [3.63, 3.8) is 0 Å². The average Bonchev–Trinajstić information content (AvgIpc) is 2.83. The second-order valence-electron chi connectivity index (χ2n) is 7.54. The zero-order valence-corrected chi connectivity index (χ0v) is 19.5. The number of hydrogen-bond acceptors (Lipinski definition) is 4. The van der Waals surface area contributed by atoms with E-state index in [4.69, 9.17) is 18.9 Å². The SMILES string of the molecule is IC1OCC(OCc2ccccc2)C(OCc2ccccc2)C1OCc1ccccc1. The number of benzene rings is 3. The van der Waals surface area contributed by atoms with E-state index in [0.717, 1.165) is 16.7 Å². The van der Waals surface area contributed by atoms with Crippen LogP contribution in [-0.4, -0.2) is 29.0 Å². The Hall–Kier alpha value is -1.77. The molecule has 1 fully saturated rings. The molecule has 4 atom stereocenters. The molecule has 1 aliphatic rings. The minimum absolute atomic E-state index is 0.112. The topological polar surface area (TPSA) is 36.9 Å². The molecule has 0 spiro atoms. The molecule has 0 radical (unpaired) electrons. The summed E-state index contributed by atoms with van der Waals surface area (Å²) < 4.78 is 24.9. The molecule has 0 saturated carbocycles. The predicted molar refractivity (Wildman–Crippen MR) is 129 cm³/mol. The summed E-state index contributed by atoms with van der Waals surface area (Å²) in [5.74, 6) is 0. The van der Waals surface area contributed by atoms with E-state index in [2.05, 4.69) is 59.0 Å². The maximum Gasteiger partial charge on any atom is 0.137 e. The molecular weight excluding hydrogens is 503 g/mol. The van der Waals surface area contributed by atoms with Crippen molar-refractivity contribution in [2.45, 2.75) is 42.2 Å². The number of ether oxygens (including phenoxy) is 4. The maximum absolute atomic E-state index is 6.41. The fraction of sp³-hybridized carbons (Fsp3) is 0.308. The quantitative estimate of drug-likeness (QED) is 0.269. The molecule has 3 aromatic rings. The third-order valence-electron chi connectivity index (χ3n) is 5.25. The summed E-state index contributed by atoms with van der Waals surface area (Å²) in [6.45, 7) is 2.00. The Balaban J connectivity index is 1.46. The molecule has 1 heterocycles. The zero-order chi connectivity index (χ0) is 21.3. The minimum atomic E-state index is -0.237. The van der Waals surface area contributed by atoms with Crippen LogP contribution in [0.25, 0.3) is 0 Å². The molecule has 4 nitrogen and oxygen atoms in total. The van der Waals surface area contributed by atoms with Crippen molar-refractivity contribution < 1.29 is 18.9 Å². The number of rotatable bonds is 9. The van der Waals surface area contributed by atoms with Gasteiger partial charge in [0, 0.05) is 0 Å². The summed E-state index contributed by atoms with van der Waals surface area (Å²) in [7, 11) is 0. The van der Waals surface area contributed by atoms with Crippen molar-refractivity contribution in [1.29, 1.82) is 0 Å². The van der Waals surface area contributed by atoms with Crippen LogP contribution in [0, 0.1) is 0 Å². The lowest BCUT2D eigenvalue weighted by Gasteiger charge is -2.40. The molecule has 0 N–H and O–H groups in total. The molecule has 31 heavy (non-hydrogen) atoms. The first-order chi connectivity index (χ1) is 15.3. The number of halogens is 1. The standard InChI is InChI=1S/C26H27IO4/c27-26-25(30-18-22-14-8-3-9-15-22)24(29-17-21-12-6-2-7-13-21)23(19-31-26)28-16-20-10-4-1-5-11-20/h1-15,23-26H,16-19H2. The molecule has 0 amide bonds. The highest BCUT2D eigenvalue weighted by molar-refractivity contribution is 14.1. The monoisotopic (exact) mass is 530 g/mol. The van der Waals surface area contributed by atoms with E-state index in [1.54, 1.807) is 0 Å². The molecule has 162 valence electrons. The highest BCUT2D eigenvalue weighted by atomic mass is 127. The van der Waals surface area contributed by atoms with Gasteiger partial charge < -0.3 is 18.9 Å². The maximum atomic E-state index is 6.41. The van der Waals surface area contributed by atoms with E-state index in [0.29, 0.717) is 26.4 Å². The van der Waals surface area contributed by atoms with Crippen molar-refractivity contribution in [2.75, 3.05) is 6.61 Å². The molecule has 0 aliphatic carbocycles. The Morgan fingerprint density at radius 2 is 1.03 bits per heavy atom. The Labute approximate surface area is 197 Å². The van der Waals surface area contributed by atoms with Gasteiger partial charge in [0.15, 0.2) is 0 Å². The second-order valence-corrected chi connectivity index (χ2v) is 8.77. The van der Waals surface area contributed by atoms with Crippen molar-refractivity contribution >= 4 is 22.6 Å². The van der Waals surface area contributed by atoms with Crippen molar-refractivity contribution in [3.05, 3.63) is 108 Å². The van der Waals surface area contributed by atoms with Crippen molar-refractivity contribution in [3.8, 4) is 0 Å². The summed E-state index contributed by atoms with van der Waals surface area (Å²) in [5.41, 5.74) is 3.38. The average molecular weight is 530 g/mol. The Bertz CT molecular complexity index is 891. The Morgan fingerprint density at radius 1 is 0.613 bits per heavy atom. The largest absolute Gasteiger partial charge is 0.368 e. The fourth-order valence-electron chi connectivity index (χ4n) is 3.56.